The Morgan fingerprint density at radius 3 is 2.26 bits per heavy atom. The Bertz CT molecular complexity index is 585. The Labute approximate surface area is 122 Å². The first-order valence-electron chi connectivity index (χ1n) is 6.22. The number of hydrogen-bond acceptors (Lipinski definition) is 2. The molecule has 0 aliphatic heterocycles. The first-order valence-corrected chi connectivity index (χ1v) is 7.01. The largest absolute Gasteiger partial charge is 0.487 e. The van der Waals surface area contributed by atoms with Gasteiger partial charge < -0.3 is 10.5 Å². The van der Waals surface area contributed by atoms with Crippen LogP contribution in [0, 0.1) is 20.8 Å². The number of nitrogen functional groups attached to an aromatic ring is 1. The number of nitrogens with two attached hydrogens (primary N) is 1. The number of ether oxygens (including phenoxy) is 1. The zero-order valence-corrected chi connectivity index (χ0v) is 13.0. The fourth-order valence-corrected chi connectivity index (χ4v) is 2.62. The normalized spacial score (nSPS) is 10.5. The lowest BCUT2D eigenvalue weighted by Gasteiger charge is -2.14. The number of benzene rings is 2. The third-order valence-corrected chi connectivity index (χ3v) is 3.68. The Morgan fingerprint density at radius 1 is 1.05 bits per heavy atom. The van der Waals surface area contributed by atoms with Gasteiger partial charge in [0.1, 0.15) is 12.4 Å². The van der Waals surface area contributed by atoms with Crippen LogP contribution in [0.5, 0.6) is 5.75 Å². The van der Waals surface area contributed by atoms with Crippen LogP contribution in [0.4, 0.5) is 5.69 Å². The van der Waals surface area contributed by atoms with Crippen molar-refractivity contribution in [2.75, 3.05) is 5.73 Å². The van der Waals surface area contributed by atoms with Gasteiger partial charge in [0, 0.05) is 4.47 Å². The molecular formula is C16H18BrNO. The Morgan fingerprint density at radius 2 is 1.68 bits per heavy atom. The van der Waals surface area contributed by atoms with Crippen LogP contribution in [0.1, 0.15) is 22.3 Å². The Hall–Kier alpha value is -1.48. The molecule has 0 atom stereocenters. The van der Waals surface area contributed by atoms with Gasteiger partial charge in [-0.25, -0.2) is 0 Å². The minimum absolute atomic E-state index is 0.545. The quantitative estimate of drug-likeness (QED) is 0.843. The standard InChI is InChI=1S/C16H18BrNO/c1-10-6-11(2)14(12(3)7-10)9-19-16-5-4-13(17)8-15(16)18/h4-8H,9,18H2,1-3H3. The fraction of sp³-hybridized carbons (Fsp3) is 0.250. The van der Waals surface area contributed by atoms with Crippen molar-refractivity contribution in [2.45, 2.75) is 27.4 Å². The van der Waals surface area contributed by atoms with Gasteiger partial charge in [0.15, 0.2) is 0 Å². The highest BCUT2D eigenvalue weighted by Crippen LogP contribution is 2.27. The van der Waals surface area contributed by atoms with Crippen LogP contribution in [0.2, 0.25) is 0 Å². The van der Waals surface area contributed by atoms with E-state index in [1.54, 1.807) is 0 Å². The van der Waals surface area contributed by atoms with Crippen LogP contribution in [0.15, 0.2) is 34.8 Å². The number of aryl methyl sites for hydroxylation is 3. The average molecular weight is 320 g/mol. The average Bonchev–Trinajstić information content (AvgIpc) is 2.30. The molecule has 0 aliphatic rings. The van der Waals surface area contributed by atoms with E-state index in [0.717, 1.165) is 10.2 Å². The van der Waals surface area contributed by atoms with E-state index in [0.29, 0.717) is 12.3 Å². The Balaban J connectivity index is 2.19. The van der Waals surface area contributed by atoms with E-state index in [-0.39, 0.29) is 0 Å². The summed E-state index contributed by atoms with van der Waals surface area (Å²) in [4.78, 5) is 0. The molecule has 0 fully saturated rings. The van der Waals surface area contributed by atoms with Crippen LogP contribution >= 0.6 is 15.9 Å². The summed E-state index contributed by atoms with van der Waals surface area (Å²) in [5.41, 5.74) is 11.6. The minimum Gasteiger partial charge on any atom is -0.487 e. The van der Waals surface area contributed by atoms with Gasteiger partial charge in [-0.15, -0.1) is 0 Å². The van der Waals surface area contributed by atoms with Crippen LogP contribution in [0.3, 0.4) is 0 Å². The molecule has 19 heavy (non-hydrogen) atoms. The summed E-state index contributed by atoms with van der Waals surface area (Å²) < 4.78 is 6.79. The lowest BCUT2D eigenvalue weighted by molar-refractivity contribution is 0.306. The molecule has 0 amide bonds. The van der Waals surface area contributed by atoms with E-state index in [1.807, 2.05) is 18.2 Å². The number of hydrogen-bond donors (Lipinski definition) is 1. The topological polar surface area (TPSA) is 35.2 Å². The molecule has 2 aromatic carbocycles. The highest BCUT2D eigenvalue weighted by Gasteiger charge is 2.06. The van der Waals surface area contributed by atoms with E-state index in [1.165, 1.54) is 22.3 Å². The Kier molecular flexibility index (Phi) is 4.15. The summed E-state index contributed by atoms with van der Waals surface area (Å²) in [5, 5.41) is 0. The minimum atomic E-state index is 0.545. The molecule has 0 aliphatic carbocycles. The smallest absolute Gasteiger partial charge is 0.142 e. The van der Waals surface area contributed by atoms with Crippen molar-refractivity contribution in [1.82, 2.24) is 0 Å². The van der Waals surface area contributed by atoms with Gasteiger partial charge in [0.2, 0.25) is 0 Å². The molecule has 2 rings (SSSR count). The number of halogens is 1. The second-order valence-corrected chi connectivity index (χ2v) is 5.76. The third kappa shape index (κ3) is 3.29. The van der Waals surface area contributed by atoms with Gasteiger partial charge in [0.25, 0.3) is 0 Å². The summed E-state index contributed by atoms with van der Waals surface area (Å²) in [7, 11) is 0. The maximum atomic E-state index is 5.93. The maximum Gasteiger partial charge on any atom is 0.142 e. The summed E-state index contributed by atoms with van der Waals surface area (Å²) in [6, 6.07) is 10.0. The first kappa shape index (κ1) is 13.9. The third-order valence-electron chi connectivity index (χ3n) is 3.18. The van der Waals surface area contributed by atoms with E-state index in [2.05, 4.69) is 48.8 Å². The molecule has 0 bridgehead atoms. The van der Waals surface area contributed by atoms with Crippen molar-refractivity contribution < 1.29 is 4.74 Å². The number of anilines is 1. The van der Waals surface area contributed by atoms with Crippen LogP contribution in [-0.2, 0) is 6.61 Å². The lowest BCUT2D eigenvalue weighted by atomic mass is 10.0. The van der Waals surface area contributed by atoms with Crippen LogP contribution < -0.4 is 10.5 Å². The second kappa shape index (κ2) is 5.66. The van der Waals surface area contributed by atoms with E-state index in [9.17, 15) is 0 Å². The molecule has 0 saturated carbocycles. The summed E-state index contributed by atoms with van der Waals surface area (Å²) in [6.07, 6.45) is 0. The van der Waals surface area contributed by atoms with E-state index >= 15 is 0 Å². The molecule has 0 aromatic heterocycles. The molecule has 3 heteroatoms. The zero-order chi connectivity index (χ0) is 14.0. The molecule has 0 spiro atoms. The van der Waals surface area contributed by atoms with E-state index < -0.39 is 0 Å². The summed E-state index contributed by atoms with van der Waals surface area (Å²) in [6.45, 7) is 6.88. The van der Waals surface area contributed by atoms with Gasteiger partial charge in [-0.05, 0) is 55.7 Å². The maximum absolute atomic E-state index is 5.93. The van der Waals surface area contributed by atoms with Gasteiger partial charge in [-0.3, -0.25) is 0 Å². The van der Waals surface area contributed by atoms with Crippen molar-refractivity contribution in [3.63, 3.8) is 0 Å². The summed E-state index contributed by atoms with van der Waals surface area (Å²) in [5.74, 6) is 0.725. The van der Waals surface area contributed by atoms with Gasteiger partial charge in [0.05, 0.1) is 5.69 Å². The van der Waals surface area contributed by atoms with Crippen LogP contribution in [-0.4, -0.2) is 0 Å². The van der Waals surface area contributed by atoms with Crippen molar-refractivity contribution in [1.29, 1.82) is 0 Å². The van der Waals surface area contributed by atoms with Crippen molar-refractivity contribution in [3.8, 4) is 5.75 Å². The molecule has 100 valence electrons. The molecule has 2 aromatic rings. The van der Waals surface area contributed by atoms with Crippen molar-refractivity contribution in [2.24, 2.45) is 0 Å². The molecular weight excluding hydrogens is 302 g/mol. The van der Waals surface area contributed by atoms with Crippen molar-refractivity contribution in [3.05, 3.63) is 57.1 Å². The first-order chi connectivity index (χ1) is 8.97. The number of rotatable bonds is 3. The molecule has 2 N–H and O–H groups in total. The molecule has 0 saturated heterocycles. The predicted octanol–water partition coefficient (Wildman–Crippen LogP) is 4.54. The SMILES string of the molecule is Cc1cc(C)c(COc2ccc(Br)cc2N)c(C)c1. The zero-order valence-electron chi connectivity index (χ0n) is 11.5. The predicted molar refractivity (Wildman–Crippen MR) is 83.5 cm³/mol. The molecule has 0 radical (unpaired) electrons. The monoisotopic (exact) mass is 319 g/mol. The van der Waals surface area contributed by atoms with Crippen LogP contribution in [0.25, 0.3) is 0 Å². The highest BCUT2D eigenvalue weighted by molar-refractivity contribution is 9.10. The molecule has 0 unspecified atom stereocenters. The van der Waals surface area contributed by atoms with Gasteiger partial charge >= 0.3 is 0 Å². The highest BCUT2D eigenvalue weighted by atomic mass is 79.9. The fourth-order valence-electron chi connectivity index (χ4n) is 2.24. The van der Waals surface area contributed by atoms with E-state index in [4.69, 9.17) is 10.5 Å². The lowest BCUT2D eigenvalue weighted by Crippen LogP contribution is -2.03. The van der Waals surface area contributed by atoms with Crippen molar-refractivity contribution >= 4 is 21.6 Å². The van der Waals surface area contributed by atoms with Gasteiger partial charge in [-0.1, -0.05) is 33.6 Å². The van der Waals surface area contributed by atoms with Gasteiger partial charge in [-0.2, -0.15) is 0 Å². The summed E-state index contributed by atoms with van der Waals surface area (Å²) >= 11 is 3.39. The molecule has 0 heterocycles. The molecule has 2 nitrogen and oxygen atoms in total. The second-order valence-electron chi connectivity index (χ2n) is 4.85.